The number of rotatable bonds is 4. The third-order valence-electron chi connectivity index (χ3n) is 2.87. The molecular formula is C13H14F3N3O. The first-order chi connectivity index (χ1) is 9.35. The van der Waals surface area contributed by atoms with Gasteiger partial charge in [-0.2, -0.15) is 0 Å². The lowest BCUT2D eigenvalue weighted by molar-refractivity contribution is -0.274. The maximum Gasteiger partial charge on any atom is 0.573 e. The molecule has 1 unspecified atom stereocenters. The normalized spacial score (nSPS) is 13.2. The molecule has 108 valence electrons. The van der Waals surface area contributed by atoms with Gasteiger partial charge in [0.25, 0.3) is 0 Å². The molecule has 1 aromatic heterocycles. The molecule has 2 aromatic rings. The zero-order valence-electron chi connectivity index (χ0n) is 10.8. The Morgan fingerprint density at radius 3 is 2.45 bits per heavy atom. The number of benzene rings is 1. The van der Waals surface area contributed by atoms with Gasteiger partial charge in [-0.15, -0.1) is 13.2 Å². The van der Waals surface area contributed by atoms with Crippen LogP contribution in [0.25, 0.3) is 0 Å². The molecule has 0 radical (unpaired) electrons. The third kappa shape index (κ3) is 3.74. The molecule has 1 atom stereocenters. The van der Waals surface area contributed by atoms with E-state index in [9.17, 15) is 13.2 Å². The molecule has 0 aliphatic rings. The molecule has 1 aromatic carbocycles. The summed E-state index contributed by atoms with van der Waals surface area (Å²) in [6, 6.07) is 5.21. The number of hydrogen-bond acceptors (Lipinski definition) is 3. The quantitative estimate of drug-likeness (QED) is 0.939. The average Bonchev–Trinajstić information content (AvgIpc) is 2.74. The molecule has 0 fully saturated rings. The number of halogens is 3. The van der Waals surface area contributed by atoms with Crippen molar-refractivity contribution in [3.05, 3.63) is 48.0 Å². The Bertz CT molecular complexity index is 563. The molecule has 0 spiro atoms. The van der Waals surface area contributed by atoms with Crippen molar-refractivity contribution in [3.63, 3.8) is 0 Å². The topological polar surface area (TPSA) is 53.1 Å². The molecule has 0 aliphatic carbocycles. The van der Waals surface area contributed by atoms with E-state index < -0.39 is 6.36 Å². The van der Waals surface area contributed by atoms with Crippen LogP contribution in [0, 0.1) is 0 Å². The van der Waals surface area contributed by atoms with Gasteiger partial charge in [0.2, 0.25) is 0 Å². The van der Waals surface area contributed by atoms with Crippen LogP contribution in [0.3, 0.4) is 0 Å². The third-order valence-corrected chi connectivity index (χ3v) is 2.87. The minimum Gasteiger partial charge on any atom is -0.406 e. The average molecular weight is 285 g/mol. The summed E-state index contributed by atoms with van der Waals surface area (Å²) in [6.07, 6.45) is -0.704. The SMILES string of the molecule is Cn1ccnc1CC(N)c1ccc(OC(F)(F)F)cc1. The van der Waals surface area contributed by atoms with Gasteiger partial charge in [-0.1, -0.05) is 12.1 Å². The van der Waals surface area contributed by atoms with E-state index >= 15 is 0 Å². The standard InChI is InChI=1S/C13H14F3N3O/c1-19-7-6-18-12(19)8-11(17)9-2-4-10(5-3-9)20-13(14,15)16/h2-7,11H,8,17H2,1H3. The van der Waals surface area contributed by atoms with Gasteiger partial charge >= 0.3 is 6.36 Å². The minimum absolute atomic E-state index is 0.259. The Morgan fingerprint density at radius 2 is 1.95 bits per heavy atom. The van der Waals surface area contributed by atoms with Crippen molar-refractivity contribution in [2.24, 2.45) is 12.8 Å². The van der Waals surface area contributed by atoms with E-state index in [0.717, 1.165) is 11.4 Å². The maximum absolute atomic E-state index is 12.0. The number of imidazole rings is 1. The highest BCUT2D eigenvalue weighted by Crippen LogP contribution is 2.24. The Kier molecular flexibility index (Phi) is 3.99. The highest BCUT2D eigenvalue weighted by molar-refractivity contribution is 5.29. The zero-order chi connectivity index (χ0) is 14.8. The van der Waals surface area contributed by atoms with Gasteiger partial charge < -0.3 is 15.0 Å². The van der Waals surface area contributed by atoms with Crippen molar-refractivity contribution < 1.29 is 17.9 Å². The first kappa shape index (κ1) is 14.4. The van der Waals surface area contributed by atoms with Crippen LogP contribution in [-0.2, 0) is 13.5 Å². The predicted octanol–water partition coefficient (Wildman–Crippen LogP) is 2.56. The van der Waals surface area contributed by atoms with Gasteiger partial charge in [0.15, 0.2) is 0 Å². The van der Waals surface area contributed by atoms with E-state index in [-0.39, 0.29) is 11.8 Å². The summed E-state index contributed by atoms with van der Waals surface area (Å²) in [5.74, 6) is 0.554. The Morgan fingerprint density at radius 1 is 1.30 bits per heavy atom. The Labute approximate surface area is 114 Å². The molecule has 0 saturated carbocycles. The monoisotopic (exact) mass is 285 g/mol. The fourth-order valence-corrected chi connectivity index (χ4v) is 1.82. The van der Waals surface area contributed by atoms with Crippen molar-refractivity contribution in [1.82, 2.24) is 9.55 Å². The fourth-order valence-electron chi connectivity index (χ4n) is 1.82. The smallest absolute Gasteiger partial charge is 0.406 e. The van der Waals surface area contributed by atoms with Crippen molar-refractivity contribution in [2.45, 2.75) is 18.8 Å². The second kappa shape index (κ2) is 5.54. The molecule has 0 saturated heterocycles. The fraction of sp³-hybridized carbons (Fsp3) is 0.308. The van der Waals surface area contributed by atoms with E-state index in [1.54, 1.807) is 6.20 Å². The molecule has 4 nitrogen and oxygen atoms in total. The largest absolute Gasteiger partial charge is 0.573 e. The number of nitrogens with zero attached hydrogens (tertiary/aromatic N) is 2. The van der Waals surface area contributed by atoms with Gasteiger partial charge in [0, 0.05) is 31.9 Å². The van der Waals surface area contributed by atoms with Crippen molar-refractivity contribution in [1.29, 1.82) is 0 Å². The van der Waals surface area contributed by atoms with Gasteiger partial charge in [-0.3, -0.25) is 0 Å². The molecule has 2 rings (SSSR count). The van der Waals surface area contributed by atoms with Crippen LogP contribution < -0.4 is 10.5 Å². The minimum atomic E-state index is -4.68. The lowest BCUT2D eigenvalue weighted by atomic mass is 10.0. The number of aryl methyl sites for hydroxylation is 1. The van der Waals surface area contributed by atoms with Crippen molar-refractivity contribution >= 4 is 0 Å². The second-order valence-electron chi connectivity index (χ2n) is 4.38. The highest BCUT2D eigenvalue weighted by Gasteiger charge is 2.31. The van der Waals surface area contributed by atoms with E-state index in [1.165, 1.54) is 24.3 Å². The van der Waals surface area contributed by atoms with Crippen LogP contribution in [0.2, 0.25) is 0 Å². The van der Waals surface area contributed by atoms with Crippen molar-refractivity contribution in [3.8, 4) is 5.75 Å². The van der Waals surface area contributed by atoms with Crippen LogP contribution in [0.4, 0.5) is 13.2 Å². The summed E-state index contributed by atoms with van der Waals surface area (Å²) in [7, 11) is 1.86. The molecule has 0 bridgehead atoms. The molecule has 7 heteroatoms. The zero-order valence-corrected chi connectivity index (χ0v) is 10.8. The van der Waals surface area contributed by atoms with Gasteiger partial charge in [0.05, 0.1) is 0 Å². The van der Waals surface area contributed by atoms with E-state index in [4.69, 9.17) is 5.73 Å². The molecule has 0 amide bonds. The number of ether oxygens (including phenoxy) is 1. The first-order valence-electron chi connectivity index (χ1n) is 5.92. The number of nitrogens with two attached hydrogens (primary N) is 1. The van der Waals surface area contributed by atoms with Crippen LogP contribution in [0.15, 0.2) is 36.7 Å². The lowest BCUT2D eigenvalue weighted by Crippen LogP contribution is -2.18. The van der Waals surface area contributed by atoms with E-state index in [2.05, 4.69) is 9.72 Å². The van der Waals surface area contributed by atoms with E-state index in [1.807, 2.05) is 17.8 Å². The van der Waals surface area contributed by atoms with Crippen LogP contribution in [0.1, 0.15) is 17.4 Å². The van der Waals surface area contributed by atoms with Gasteiger partial charge in [-0.05, 0) is 17.7 Å². The molecule has 20 heavy (non-hydrogen) atoms. The first-order valence-corrected chi connectivity index (χ1v) is 5.92. The van der Waals surface area contributed by atoms with Crippen LogP contribution in [-0.4, -0.2) is 15.9 Å². The number of hydrogen-bond donors (Lipinski definition) is 1. The summed E-state index contributed by atoms with van der Waals surface area (Å²) in [6.45, 7) is 0. The molecular weight excluding hydrogens is 271 g/mol. The predicted molar refractivity (Wildman–Crippen MR) is 67.0 cm³/mol. The maximum atomic E-state index is 12.0. The Balaban J connectivity index is 2.04. The second-order valence-corrected chi connectivity index (χ2v) is 4.38. The number of alkyl halides is 3. The van der Waals surface area contributed by atoms with Crippen LogP contribution in [0.5, 0.6) is 5.75 Å². The summed E-state index contributed by atoms with van der Waals surface area (Å²) < 4.78 is 41.8. The summed E-state index contributed by atoms with van der Waals surface area (Å²) in [4.78, 5) is 4.16. The highest BCUT2D eigenvalue weighted by atomic mass is 19.4. The van der Waals surface area contributed by atoms with Gasteiger partial charge in [-0.25, -0.2) is 4.98 Å². The summed E-state index contributed by atoms with van der Waals surface area (Å²) in [5.41, 5.74) is 6.74. The molecule has 1 heterocycles. The summed E-state index contributed by atoms with van der Waals surface area (Å²) >= 11 is 0. The lowest BCUT2D eigenvalue weighted by Gasteiger charge is -2.13. The van der Waals surface area contributed by atoms with Gasteiger partial charge in [0.1, 0.15) is 11.6 Å². The molecule has 0 aliphatic heterocycles. The van der Waals surface area contributed by atoms with Crippen LogP contribution >= 0.6 is 0 Å². The van der Waals surface area contributed by atoms with E-state index in [0.29, 0.717) is 6.42 Å². The Hall–Kier alpha value is -2.02. The number of aromatic nitrogens is 2. The summed E-state index contributed by atoms with van der Waals surface area (Å²) in [5, 5.41) is 0. The molecule has 2 N–H and O–H groups in total. The van der Waals surface area contributed by atoms with Crippen molar-refractivity contribution in [2.75, 3.05) is 0 Å².